The van der Waals surface area contributed by atoms with Gasteiger partial charge in [-0.05, 0) is 42.0 Å². The molecule has 1 aliphatic rings. The fourth-order valence-electron chi connectivity index (χ4n) is 3.57. The van der Waals surface area contributed by atoms with E-state index in [4.69, 9.17) is 14.3 Å². The number of methoxy groups -OCH3 is 1. The standard InChI is InChI=1S/C20H20N2O4/c1-25-15-5-2-4-14(12-15)19-17-6-3-9-21(17)10-11-22(19)13-16-7-8-18(26-16)20(23)24/h2-9,12,19H,10-11,13H2,1H3,(H,23,24). The smallest absolute Gasteiger partial charge is 0.371 e. The topological polar surface area (TPSA) is 67.8 Å². The number of furan rings is 1. The number of carboxylic acid groups (broad SMARTS) is 1. The van der Waals surface area contributed by atoms with Crippen molar-refractivity contribution in [2.75, 3.05) is 13.7 Å². The van der Waals surface area contributed by atoms with E-state index in [0.717, 1.165) is 24.4 Å². The number of benzene rings is 1. The van der Waals surface area contributed by atoms with Crippen LogP contribution in [-0.4, -0.2) is 34.2 Å². The van der Waals surface area contributed by atoms with Crippen LogP contribution in [0.3, 0.4) is 0 Å². The zero-order valence-corrected chi connectivity index (χ0v) is 14.5. The third-order valence-electron chi connectivity index (χ3n) is 4.78. The number of carbonyl (C=O) groups is 1. The maximum absolute atomic E-state index is 11.1. The van der Waals surface area contributed by atoms with Gasteiger partial charge in [0.05, 0.1) is 19.7 Å². The first kappa shape index (κ1) is 16.5. The van der Waals surface area contributed by atoms with Crippen LogP contribution in [0.25, 0.3) is 0 Å². The van der Waals surface area contributed by atoms with E-state index in [-0.39, 0.29) is 11.8 Å². The van der Waals surface area contributed by atoms with Gasteiger partial charge in [0.2, 0.25) is 5.76 Å². The molecule has 134 valence electrons. The number of carboxylic acids is 1. The molecule has 26 heavy (non-hydrogen) atoms. The van der Waals surface area contributed by atoms with Gasteiger partial charge in [0.1, 0.15) is 11.5 Å². The molecule has 2 aromatic heterocycles. The number of hydrogen-bond donors (Lipinski definition) is 1. The lowest BCUT2D eigenvalue weighted by Crippen LogP contribution is -2.37. The summed E-state index contributed by atoms with van der Waals surface area (Å²) in [5, 5.41) is 9.07. The molecule has 0 aliphatic carbocycles. The number of nitrogens with zero attached hydrogens (tertiary/aromatic N) is 2. The highest BCUT2D eigenvalue weighted by Crippen LogP contribution is 2.35. The number of fused-ring (bicyclic) bond motifs is 1. The van der Waals surface area contributed by atoms with E-state index in [0.29, 0.717) is 12.3 Å². The van der Waals surface area contributed by atoms with Gasteiger partial charge in [-0.25, -0.2) is 4.79 Å². The molecule has 1 N–H and O–H groups in total. The summed E-state index contributed by atoms with van der Waals surface area (Å²) in [6.45, 7) is 2.27. The lowest BCUT2D eigenvalue weighted by atomic mass is 9.99. The van der Waals surface area contributed by atoms with Gasteiger partial charge in [0.25, 0.3) is 0 Å². The van der Waals surface area contributed by atoms with E-state index in [1.54, 1.807) is 13.2 Å². The largest absolute Gasteiger partial charge is 0.497 e. The molecule has 1 aromatic carbocycles. The Bertz CT molecular complexity index is 927. The second-order valence-corrected chi connectivity index (χ2v) is 6.35. The molecule has 0 saturated carbocycles. The van der Waals surface area contributed by atoms with Crippen molar-refractivity contribution in [2.45, 2.75) is 19.1 Å². The van der Waals surface area contributed by atoms with Gasteiger partial charge in [0, 0.05) is 25.0 Å². The van der Waals surface area contributed by atoms with Crippen LogP contribution in [0.2, 0.25) is 0 Å². The van der Waals surface area contributed by atoms with E-state index >= 15 is 0 Å². The molecule has 6 heteroatoms. The number of aromatic carboxylic acids is 1. The second kappa shape index (κ2) is 6.72. The lowest BCUT2D eigenvalue weighted by molar-refractivity contribution is 0.0656. The normalized spacial score (nSPS) is 17.0. The van der Waals surface area contributed by atoms with E-state index in [2.05, 4.69) is 33.9 Å². The highest BCUT2D eigenvalue weighted by atomic mass is 16.5. The van der Waals surface area contributed by atoms with Crippen LogP contribution in [0, 0.1) is 0 Å². The van der Waals surface area contributed by atoms with Crippen molar-refractivity contribution in [1.82, 2.24) is 9.47 Å². The lowest BCUT2D eigenvalue weighted by Gasteiger charge is -2.37. The van der Waals surface area contributed by atoms with Gasteiger partial charge in [0.15, 0.2) is 0 Å². The summed E-state index contributed by atoms with van der Waals surface area (Å²) in [7, 11) is 1.66. The third-order valence-corrected chi connectivity index (χ3v) is 4.78. The minimum Gasteiger partial charge on any atom is -0.497 e. The zero-order chi connectivity index (χ0) is 18.1. The van der Waals surface area contributed by atoms with Gasteiger partial charge < -0.3 is 18.8 Å². The third kappa shape index (κ3) is 2.99. The zero-order valence-electron chi connectivity index (χ0n) is 14.5. The summed E-state index contributed by atoms with van der Waals surface area (Å²) >= 11 is 0. The summed E-state index contributed by atoms with van der Waals surface area (Å²) in [6, 6.07) is 15.5. The summed E-state index contributed by atoms with van der Waals surface area (Å²) in [5.41, 5.74) is 2.34. The van der Waals surface area contributed by atoms with Crippen molar-refractivity contribution in [1.29, 1.82) is 0 Å². The van der Waals surface area contributed by atoms with Crippen molar-refractivity contribution in [3.8, 4) is 5.75 Å². The van der Waals surface area contributed by atoms with Crippen LogP contribution < -0.4 is 4.74 Å². The Hall–Kier alpha value is -2.99. The Morgan fingerprint density at radius 3 is 2.88 bits per heavy atom. The van der Waals surface area contributed by atoms with Gasteiger partial charge >= 0.3 is 5.97 Å². The minimum atomic E-state index is -1.05. The van der Waals surface area contributed by atoms with Crippen molar-refractivity contribution in [3.05, 3.63) is 77.5 Å². The first-order chi connectivity index (χ1) is 12.7. The number of rotatable bonds is 5. The van der Waals surface area contributed by atoms with E-state index < -0.39 is 5.97 Å². The molecule has 0 radical (unpaired) electrons. The van der Waals surface area contributed by atoms with Crippen LogP contribution in [-0.2, 0) is 13.1 Å². The van der Waals surface area contributed by atoms with Gasteiger partial charge in [-0.1, -0.05) is 12.1 Å². The Balaban J connectivity index is 1.69. The Labute approximate surface area is 151 Å². The van der Waals surface area contributed by atoms with E-state index in [1.165, 1.54) is 11.8 Å². The molecule has 0 amide bonds. The molecule has 0 fully saturated rings. The molecule has 0 spiro atoms. The minimum absolute atomic E-state index is 0.0293. The molecule has 0 saturated heterocycles. The first-order valence-electron chi connectivity index (χ1n) is 8.51. The van der Waals surface area contributed by atoms with Crippen LogP contribution in [0.1, 0.15) is 33.6 Å². The average molecular weight is 352 g/mol. The molecular weight excluding hydrogens is 332 g/mol. The van der Waals surface area contributed by atoms with Gasteiger partial charge in [-0.2, -0.15) is 0 Å². The average Bonchev–Trinajstić information content (AvgIpc) is 3.31. The second-order valence-electron chi connectivity index (χ2n) is 6.35. The summed E-state index contributed by atoms with van der Waals surface area (Å²) in [5.74, 6) is 0.388. The molecular formula is C20H20N2O4. The fourth-order valence-corrected chi connectivity index (χ4v) is 3.57. The predicted octanol–water partition coefficient (Wildman–Crippen LogP) is 3.39. The maximum Gasteiger partial charge on any atom is 0.371 e. The van der Waals surface area contributed by atoms with Crippen molar-refractivity contribution < 1.29 is 19.1 Å². The number of aromatic nitrogens is 1. The molecule has 1 aliphatic heterocycles. The monoisotopic (exact) mass is 352 g/mol. The Morgan fingerprint density at radius 1 is 1.23 bits per heavy atom. The number of ether oxygens (including phenoxy) is 1. The van der Waals surface area contributed by atoms with Gasteiger partial charge in [-0.3, -0.25) is 4.90 Å². The number of hydrogen-bond acceptors (Lipinski definition) is 4. The highest BCUT2D eigenvalue weighted by molar-refractivity contribution is 5.84. The van der Waals surface area contributed by atoms with Crippen LogP contribution in [0.15, 0.2) is 59.1 Å². The van der Waals surface area contributed by atoms with Crippen molar-refractivity contribution in [2.24, 2.45) is 0 Å². The molecule has 6 nitrogen and oxygen atoms in total. The summed E-state index contributed by atoms with van der Waals surface area (Å²) in [6.07, 6.45) is 2.09. The predicted molar refractivity (Wildman–Crippen MR) is 95.3 cm³/mol. The molecule has 3 aromatic rings. The SMILES string of the molecule is COc1cccc(C2c3cccn3CCN2Cc2ccc(C(=O)O)o2)c1. The molecule has 3 heterocycles. The summed E-state index contributed by atoms with van der Waals surface area (Å²) in [4.78, 5) is 13.4. The van der Waals surface area contributed by atoms with E-state index in [9.17, 15) is 4.79 Å². The first-order valence-corrected chi connectivity index (χ1v) is 8.51. The van der Waals surface area contributed by atoms with E-state index in [1.807, 2.05) is 18.2 Å². The fraction of sp³-hybridized carbons (Fsp3) is 0.250. The molecule has 4 rings (SSSR count). The van der Waals surface area contributed by atoms with Gasteiger partial charge in [-0.15, -0.1) is 0 Å². The van der Waals surface area contributed by atoms with Crippen LogP contribution >= 0.6 is 0 Å². The maximum atomic E-state index is 11.1. The Morgan fingerprint density at radius 2 is 2.12 bits per heavy atom. The quantitative estimate of drug-likeness (QED) is 0.762. The van der Waals surface area contributed by atoms with Crippen LogP contribution in [0.5, 0.6) is 5.75 Å². The molecule has 1 atom stereocenters. The Kier molecular flexibility index (Phi) is 4.26. The molecule has 0 bridgehead atoms. The molecule has 1 unspecified atom stereocenters. The van der Waals surface area contributed by atoms with Crippen molar-refractivity contribution in [3.63, 3.8) is 0 Å². The van der Waals surface area contributed by atoms with Crippen molar-refractivity contribution >= 4 is 5.97 Å². The van der Waals surface area contributed by atoms with Crippen LogP contribution in [0.4, 0.5) is 0 Å². The summed E-state index contributed by atoms with van der Waals surface area (Å²) < 4.78 is 13.1. The highest BCUT2D eigenvalue weighted by Gasteiger charge is 2.29.